The first-order valence-corrected chi connectivity index (χ1v) is 14.4. The molecule has 1 aromatic heterocycles. The smallest absolute Gasteiger partial charge is 0.322 e. The fourth-order valence-corrected chi connectivity index (χ4v) is 5.60. The zero-order valence-corrected chi connectivity index (χ0v) is 24.5. The van der Waals surface area contributed by atoms with Crippen molar-refractivity contribution in [2.24, 2.45) is 0 Å². The van der Waals surface area contributed by atoms with Crippen molar-refractivity contribution in [3.8, 4) is 17.6 Å². The number of carbonyl (C=O) groups excluding carboxylic acids is 2. The van der Waals surface area contributed by atoms with E-state index >= 15 is 0 Å². The number of nitriles is 1. The number of anilines is 1. The molecule has 3 aromatic rings. The van der Waals surface area contributed by atoms with Gasteiger partial charge in [0.05, 0.1) is 38.5 Å². The number of carbonyl (C=O) groups is 2. The maximum absolute atomic E-state index is 13.8. The van der Waals surface area contributed by atoms with Crippen LogP contribution in [0.2, 0.25) is 0 Å². The third kappa shape index (κ3) is 8.46. The molecular formula is C31H36N4O5S. The van der Waals surface area contributed by atoms with E-state index in [1.807, 2.05) is 37.3 Å². The lowest BCUT2D eigenvalue weighted by Crippen LogP contribution is -2.47. The average Bonchev–Trinajstić information content (AvgIpc) is 3.66. The maximum Gasteiger partial charge on any atom is 0.322 e. The number of thiophene rings is 1. The van der Waals surface area contributed by atoms with Crippen LogP contribution < -0.4 is 14.8 Å². The second kappa shape index (κ2) is 14.5. The molecule has 3 amide bonds. The quantitative estimate of drug-likeness (QED) is 0.317. The van der Waals surface area contributed by atoms with Gasteiger partial charge in [-0.1, -0.05) is 6.07 Å². The number of nitrogens with one attached hydrogen (secondary N) is 1. The van der Waals surface area contributed by atoms with Gasteiger partial charge in [0.2, 0.25) is 5.91 Å². The van der Waals surface area contributed by atoms with E-state index in [9.17, 15) is 9.59 Å². The molecule has 0 bridgehead atoms. The average molecular weight is 577 g/mol. The van der Waals surface area contributed by atoms with Crippen LogP contribution in [0.15, 0.2) is 54.6 Å². The minimum atomic E-state index is -0.384. The van der Waals surface area contributed by atoms with Crippen molar-refractivity contribution < 1.29 is 23.8 Å². The highest BCUT2D eigenvalue weighted by atomic mass is 32.1. The van der Waals surface area contributed by atoms with Crippen molar-refractivity contribution in [2.45, 2.75) is 38.8 Å². The first-order valence-electron chi connectivity index (χ1n) is 13.6. The van der Waals surface area contributed by atoms with E-state index in [-0.39, 0.29) is 24.6 Å². The van der Waals surface area contributed by atoms with Gasteiger partial charge >= 0.3 is 6.03 Å². The van der Waals surface area contributed by atoms with Crippen molar-refractivity contribution >= 4 is 29.0 Å². The number of methoxy groups -OCH3 is 2. The van der Waals surface area contributed by atoms with Crippen LogP contribution in [0, 0.1) is 18.3 Å². The van der Waals surface area contributed by atoms with Gasteiger partial charge < -0.3 is 29.3 Å². The molecule has 2 heterocycles. The van der Waals surface area contributed by atoms with E-state index in [0.717, 1.165) is 23.3 Å². The minimum absolute atomic E-state index is 0.0851. The summed E-state index contributed by atoms with van der Waals surface area (Å²) in [5.41, 5.74) is 2.07. The summed E-state index contributed by atoms with van der Waals surface area (Å²) < 4.78 is 16.6. The van der Waals surface area contributed by atoms with Crippen molar-refractivity contribution in [3.63, 3.8) is 0 Å². The number of hydrogen-bond acceptors (Lipinski definition) is 7. The summed E-state index contributed by atoms with van der Waals surface area (Å²) in [5.74, 6) is 1.14. The van der Waals surface area contributed by atoms with E-state index in [2.05, 4.69) is 11.4 Å². The molecule has 1 unspecified atom stereocenters. The molecule has 41 heavy (non-hydrogen) atoms. The standard InChI is InChI=1S/C31H36N4O5S/c1-22-6-12-27(41-22)20-34(15-14-23-9-13-28(38-2)29(17-23)39-3)30(36)21-35(19-26-5-4-16-40-26)31(37)33-25-10-7-24(18-32)8-11-25/h6-13,17,26H,4-5,14-16,19-21H2,1-3H3,(H,33,37). The van der Waals surface area contributed by atoms with Crippen LogP contribution in [0.5, 0.6) is 11.5 Å². The number of nitrogens with zero attached hydrogens (tertiary/aromatic N) is 3. The van der Waals surface area contributed by atoms with Crippen LogP contribution in [-0.4, -0.2) is 68.3 Å². The van der Waals surface area contributed by atoms with Gasteiger partial charge in [0, 0.05) is 35.1 Å². The van der Waals surface area contributed by atoms with Gasteiger partial charge in [-0.3, -0.25) is 4.79 Å². The Hall–Kier alpha value is -4.07. The molecular weight excluding hydrogens is 540 g/mol. The minimum Gasteiger partial charge on any atom is -0.493 e. The summed E-state index contributed by atoms with van der Waals surface area (Å²) >= 11 is 1.66. The molecule has 1 saturated heterocycles. The topological polar surface area (TPSA) is 104 Å². The number of urea groups is 1. The summed E-state index contributed by atoms with van der Waals surface area (Å²) in [6.07, 6.45) is 2.26. The van der Waals surface area contributed by atoms with Crippen LogP contribution in [0.4, 0.5) is 10.5 Å². The summed E-state index contributed by atoms with van der Waals surface area (Å²) in [5, 5.41) is 11.9. The zero-order chi connectivity index (χ0) is 29.2. The van der Waals surface area contributed by atoms with E-state index in [0.29, 0.717) is 55.4 Å². The van der Waals surface area contributed by atoms with E-state index < -0.39 is 0 Å². The number of aryl methyl sites for hydroxylation is 1. The van der Waals surface area contributed by atoms with Crippen LogP contribution in [-0.2, 0) is 22.5 Å². The number of amides is 3. The lowest BCUT2D eigenvalue weighted by atomic mass is 10.1. The lowest BCUT2D eigenvalue weighted by molar-refractivity contribution is -0.132. The van der Waals surface area contributed by atoms with Gasteiger partial charge in [-0.25, -0.2) is 4.79 Å². The second-order valence-corrected chi connectivity index (χ2v) is 11.3. The predicted octanol–water partition coefficient (Wildman–Crippen LogP) is 5.23. The van der Waals surface area contributed by atoms with E-state index in [1.54, 1.807) is 54.7 Å². The number of rotatable bonds is 12. The van der Waals surface area contributed by atoms with E-state index in [1.165, 1.54) is 9.78 Å². The highest BCUT2D eigenvalue weighted by Crippen LogP contribution is 2.28. The molecule has 0 aliphatic carbocycles. The van der Waals surface area contributed by atoms with Gasteiger partial charge in [-0.15, -0.1) is 11.3 Å². The molecule has 0 saturated carbocycles. The van der Waals surface area contributed by atoms with Crippen LogP contribution in [0.3, 0.4) is 0 Å². The fourth-order valence-electron chi connectivity index (χ4n) is 4.70. The Morgan fingerprint density at radius 2 is 1.85 bits per heavy atom. The SMILES string of the molecule is COc1ccc(CCN(Cc2ccc(C)s2)C(=O)CN(CC2CCCO2)C(=O)Nc2ccc(C#N)cc2)cc1OC. The maximum atomic E-state index is 13.8. The Morgan fingerprint density at radius 1 is 1.07 bits per heavy atom. The fraction of sp³-hybridized carbons (Fsp3) is 0.387. The molecule has 1 aliphatic rings. The Labute approximate surface area is 245 Å². The summed E-state index contributed by atoms with van der Waals surface area (Å²) in [4.78, 5) is 32.8. The zero-order valence-electron chi connectivity index (χ0n) is 23.7. The Balaban J connectivity index is 1.50. The number of ether oxygens (including phenoxy) is 3. The second-order valence-electron chi connectivity index (χ2n) is 9.90. The van der Waals surface area contributed by atoms with Gasteiger partial charge in [-0.2, -0.15) is 5.26 Å². The third-order valence-corrected chi connectivity index (χ3v) is 7.93. The summed E-state index contributed by atoms with van der Waals surface area (Å²) in [7, 11) is 3.20. The van der Waals surface area contributed by atoms with Crippen molar-refractivity contribution in [2.75, 3.05) is 45.8 Å². The largest absolute Gasteiger partial charge is 0.493 e. The first kappa shape index (κ1) is 29.9. The molecule has 1 atom stereocenters. The molecule has 0 spiro atoms. The normalized spacial score (nSPS) is 14.2. The molecule has 9 nitrogen and oxygen atoms in total. The first-order chi connectivity index (χ1) is 19.9. The number of benzene rings is 2. The summed E-state index contributed by atoms with van der Waals surface area (Å²) in [6, 6.07) is 18.2. The van der Waals surface area contributed by atoms with Crippen molar-refractivity contribution in [1.29, 1.82) is 5.26 Å². The molecule has 1 aliphatic heterocycles. The molecule has 1 fully saturated rings. The van der Waals surface area contributed by atoms with Gasteiger partial charge in [0.15, 0.2) is 11.5 Å². The third-order valence-electron chi connectivity index (χ3n) is 6.94. The van der Waals surface area contributed by atoms with Crippen LogP contribution in [0.25, 0.3) is 0 Å². The molecule has 0 radical (unpaired) electrons. The van der Waals surface area contributed by atoms with Crippen LogP contribution in [0.1, 0.15) is 33.7 Å². The molecule has 4 rings (SSSR count). The Morgan fingerprint density at radius 3 is 2.49 bits per heavy atom. The van der Waals surface area contributed by atoms with Gasteiger partial charge in [0.1, 0.15) is 6.54 Å². The predicted molar refractivity (Wildman–Crippen MR) is 158 cm³/mol. The number of hydrogen-bond donors (Lipinski definition) is 1. The lowest BCUT2D eigenvalue weighted by Gasteiger charge is -2.29. The van der Waals surface area contributed by atoms with Crippen molar-refractivity contribution in [3.05, 3.63) is 75.5 Å². The molecule has 10 heteroatoms. The highest BCUT2D eigenvalue weighted by molar-refractivity contribution is 7.11. The van der Waals surface area contributed by atoms with Crippen LogP contribution >= 0.6 is 11.3 Å². The highest BCUT2D eigenvalue weighted by Gasteiger charge is 2.27. The molecule has 2 aromatic carbocycles. The van der Waals surface area contributed by atoms with Gasteiger partial charge in [-0.05, 0) is 80.3 Å². The van der Waals surface area contributed by atoms with Gasteiger partial charge in [0.25, 0.3) is 0 Å². The van der Waals surface area contributed by atoms with Crippen molar-refractivity contribution in [1.82, 2.24) is 9.80 Å². The Kier molecular flexibility index (Phi) is 10.6. The van der Waals surface area contributed by atoms with E-state index in [4.69, 9.17) is 19.5 Å². The molecule has 1 N–H and O–H groups in total. The summed E-state index contributed by atoms with van der Waals surface area (Å²) in [6.45, 7) is 3.85. The monoisotopic (exact) mass is 576 g/mol. The molecule has 216 valence electrons. The Bertz CT molecular complexity index is 1360.